The number of benzene rings is 1. The van der Waals surface area contributed by atoms with Crippen LogP contribution in [0.2, 0.25) is 9.36 Å². The number of thiophene rings is 1. The minimum atomic E-state index is -4.17. The molecule has 3 heterocycles. The van der Waals surface area contributed by atoms with E-state index in [0.717, 1.165) is 75.1 Å². The Morgan fingerprint density at radius 1 is 1.02 bits per heavy atom. The van der Waals surface area contributed by atoms with Crippen LogP contribution >= 0.6 is 50.5 Å². The smallest absolute Gasteiger partial charge is 0.324 e. The largest absolute Gasteiger partial charge is 0.480 e. The van der Waals surface area contributed by atoms with E-state index in [-0.39, 0.29) is 14.1 Å². The monoisotopic (exact) mass is 745 g/mol. The summed E-state index contributed by atoms with van der Waals surface area (Å²) in [4.78, 5) is 13.1. The SMILES string of the molecule is O=C(O)C(CO)NS(=O)(=O)c1ccc(N2CCC(CCCC3CCN(S(=O)(=O)c4cc(Br)c(Cl)s4)CC3)CC2)c(Cl)c1. The van der Waals surface area contributed by atoms with Gasteiger partial charge in [-0.2, -0.15) is 9.03 Å². The summed E-state index contributed by atoms with van der Waals surface area (Å²) in [6.07, 6.45) is 6.98. The number of aliphatic hydroxyl groups is 1. The molecule has 0 spiro atoms. The summed E-state index contributed by atoms with van der Waals surface area (Å²) in [6, 6.07) is 4.24. The van der Waals surface area contributed by atoms with E-state index in [2.05, 4.69) is 20.8 Å². The summed E-state index contributed by atoms with van der Waals surface area (Å²) in [5.41, 5.74) is 0.727. The molecule has 2 fully saturated rings. The average Bonchev–Trinajstić information content (AvgIpc) is 3.31. The number of nitrogens with zero attached hydrogens (tertiary/aromatic N) is 2. The maximum absolute atomic E-state index is 12.9. The number of carboxylic acid groups (broad SMARTS) is 1. The lowest BCUT2D eigenvalue weighted by atomic mass is 9.87. The summed E-state index contributed by atoms with van der Waals surface area (Å²) in [5, 5.41) is 18.4. The van der Waals surface area contributed by atoms with E-state index in [1.807, 2.05) is 4.72 Å². The van der Waals surface area contributed by atoms with E-state index in [0.29, 0.717) is 33.7 Å². The second-order valence-electron chi connectivity index (χ2n) is 10.7. The van der Waals surface area contributed by atoms with Gasteiger partial charge >= 0.3 is 5.97 Å². The molecule has 1 aromatic carbocycles. The number of hydrogen-bond donors (Lipinski definition) is 3. The van der Waals surface area contributed by atoms with Crippen LogP contribution in [0.3, 0.4) is 0 Å². The quantitative estimate of drug-likeness (QED) is 0.275. The molecule has 16 heteroatoms. The van der Waals surface area contributed by atoms with Crippen LogP contribution in [0.4, 0.5) is 5.69 Å². The van der Waals surface area contributed by atoms with Gasteiger partial charge in [-0.15, -0.1) is 11.3 Å². The van der Waals surface area contributed by atoms with Gasteiger partial charge in [0.15, 0.2) is 0 Å². The number of carboxylic acids is 1. The number of aliphatic carboxylic acids is 1. The van der Waals surface area contributed by atoms with Gasteiger partial charge in [-0.1, -0.05) is 42.5 Å². The summed E-state index contributed by atoms with van der Waals surface area (Å²) < 4.78 is 55.8. The normalized spacial score (nSPS) is 18.8. The Hall–Kier alpha value is -0.970. The molecule has 234 valence electrons. The summed E-state index contributed by atoms with van der Waals surface area (Å²) in [7, 11) is -7.69. The van der Waals surface area contributed by atoms with E-state index in [4.69, 9.17) is 33.4 Å². The van der Waals surface area contributed by atoms with E-state index in [9.17, 15) is 21.6 Å². The number of anilines is 1. The van der Waals surface area contributed by atoms with Gasteiger partial charge < -0.3 is 15.1 Å². The molecule has 0 aliphatic carbocycles. The van der Waals surface area contributed by atoms with Crippen molar-refractivity contribution in [3.8, 4) is 0 Å². The first-order valence-electron chi connectivity index (χ1n) is 13.7. The van der Waals surface area contributed by atoms with E-state index >= 15 is 0 Å². The minimum absolute atomic E-state index is 0.168. The molecule has 2 aliphatic heterocycles. The molecule has 0 radical (unpaired) electrons. The molecule has 1 atom stereocenters. The lowest BCUT2D eigenvalue weighted by Crippen LogP contribution is -2.43. The van der Waals surface area contributed by atoms with E-state index < -0.39 is 38.7 Å². The fourth-order valence-electron chi connectivity index (χ4n) is 5.51. The Kier molecular flexibility index (Phi) is 11.6. The Morgan fingerprint density at radius 2 is 1.62 bits per heavy atom. The average molecular weight is 748 g/mol. The number of nitrogens with one attached hydrogen (secondary N) is 1. The summed E-state index contributed by atoms with van der Waals surface area (Å²) in [6.45, 7) is 1.76. The second-order valence-corrected chi connectivity index (χ2v) is 17.5. The predicted molar refractivity (Wildman–Crippen MR) is 168 cm³/mol. The number of carbonyl (C=O) groups is 1. The highest BCUT2D eigenvalue weighted by Gasteiger charge is 2.31. The Labute approximate surface area is 269 Å². The van der Waals surface area contributed by atoms with Crippen molar-refractivity contribution in [3.05, 3.63) is 38.1 Å². The zero-order valence-corrected chi connectivity index (χ0v) is 28.3. The molecule has 10 nitrogen and oxygen atoms in total. The van der Waals surface area contributed by atoms with Gasteiger partial charge in [0.25, 0.3) is 10.0 Å². The van der Waals surface area contributed by atoms with Gasteiger partial charge in [0, 0.05) is 30.7 Å². The number of piperidine rings is 2. The minimum Gasteiger partial charge on any atom is -0.480 e. The zero-order chi connectivity index (χ0) is 30.7. The predicted octanol–water partition coefficient (Wildman–Crippen LogP) is 5.03. The lowest BCUT2D eigenvalue weighted by Gasteiger charge is -2.35. The fourth-order valence-corrected chi connectivity index (χ4v) is 11.0. The molecule has 2 aromatic rings. The molecule has 2 saturated heterocycles. The highest BCUT2D eigenvalue weighted by Crippen LogP contribution is 2.38. The second kappa shape index (κ2) is 14.4. The van der Waals surface area contributed by atoms with Crippen LogP contribution in [0.15, 0.2) is 37.8 Å². The van der Waals surface area contributed by atoms with E-state index in [1.54, 1.807) is 16.4 Å². The Balaban J connectivity index is 1.20. The molecule has 1 unspecified atom stereocenters. The molecule has 42 heavy (non-hydrogen) atoms. The lowest BCUT2D eigenvalue weighted by molar-refractivity contribution is -0.139. The molecule has 0 amide bonds. The van der Waals surface area contributed by atoms with Crippen molar-refractivity contribution < 1.29 is 31.8 Å². The van der Waals surface area contributed by atoms with Crippen LogP contribution in [0.5, 0.6) is 0 Å². The first-order chi connectivity index (χ1) is 19.8. The number of sulfonamides is 2. The van der Waals surface area contributed by atoms with Crippen LogP contribution in [0.1, 0.15) is 44.9 Å². The first kappa shape index (κ1) is 33.9. The molecular formula is C26H34BrCl2N3O7S3. The first-order valence-corrected chi connectivity index (χ1v) is 19.0. The van der Waals surface area contributed by atoms with Gasteiger partial charge in [0.2, 0.25) is 10.0 Å². The third-order valence-corrected chi connectivity index (χ3v) is 14.6. The molecule has 1 aromatic heterocycles. The maximum atomic E-state index is 12.9. The van der Waals surface area contributed by atoms with Crippen molar-refractivity contribution in [2.75, 3.05) is 37.7 Å². The highest BCUT2D eigenvalue weighted by molar-refractivity contribution is 9.10. The zero-order valence-electron chi connectivity index (χ0n) is 22.7. The number of rotatable bonds is 12. The van der Waals surface area contributed by atoms with Gasteiger partial charge in [-0.3, -0.25) is 4.79 Å². The molecule has 2 aliphatic rings. The number of hydrogen-bond acceptors (Lipinski definition) is 8. The van der Waals surface area contributed by atoms with E-state index in [1.165, 1.54) is 12.1 Å². The Morgan fingerprint density at radius 3 is 2.12 bits per heavy atom. The van der Waals surface area contributed by atoms with Crippen LogP contribution in [-0.2, 0) is 24.8 Å². The van der Waals surface area contributed by atoms with Crippen molar-refractivity contribution in [2.45, 2.75) is 60.1 Å². The van der Waals surface area contributed by atoms with Gasteiger partial charge in [0.1, 0.15) is 14.6 Å². The van der Waals surface area contributed by atoms with Crippen molar-refractivity contribution in [3.63, 3.8) is 0 Å². The van der Waals surface area contributed by atoms with Crippen LogP contribution in [0.25, 0.3) is 0 Å². The molecule has 3 N–H and O–H groups in total. The maximum Gasteiger partial charge on any atom is 0.324 e. The third-order valence-electron chi connectivity index (χ3n) is 7.98. The van der Waals surface area contributed by atoms with Crippen LogP contribution < -0.4 is 9.62 Å². The highest BCUT2D eigenvalue weighted by atomic mass is 79.9. The van der Waals surface area contributed by atoms with Crippen molar-refractivity contribution in [1.29, 1.82) is 0 Å². The Bertz CT molecular complexity index is 1450. The van der Waals surface area contributed by atoms with Crippen LogP contribution in [-0.4, -0.2) is 76.2 Å². The van der Waals surface area contributed by atoms with Crippen LogP contribution in [0, 0.1) is 11.8 Å². The molecular weight excluding hydrogens is 713 g/mol. The fraction of sp³-hybridized carbons (Fsp3) is 0.577. The van der Waals surface area contributed by atoms with Crippen molar-refractivity contribution in [1.82, 2.24) is 9.03 Å². The topological polar surface area (TPSA) is 144 Å². The van der Waals surface area contributed by atoms with Gasteiger partial charge in [-0.25, -0.2) is 16.8 Å². The summed E-state index contributed by atoms with van der Waals surface area (Å²) in [5.74, 6) is -0.378. The molecule has 0 saturated carbocycles. The summed E-state index contributed by atoms with van der Waals surface area (Å²) >= 11 is 16.9. The van der Waals surface area contributed by atoms with Gasteiger partial charge in [0.05, 0.1) is 22.2 Å². The molecule has 0 bridgehead atoms. The number of halogens is 3. The van der Waals surface area contributed by atoms with Gasteiger partial charge in [-0.05, 0) is 77.7 Å². The molecule has 4 rings (SSSR count). The standard InChI is InChI=1S/C26H34BrCl2N3O7S3/c27-20-15-24(40-25(20)29)42(38,39)32-12-8-18(9-13-32)3-1-2-17-6-10-31(11-7-17)23-5-4-19(14-21(23)28)41(36,37)30-22(16-33)26(34)35/h4-5,14-15,17-18,22,30,33H,1-3,6-13,16H2,(H,34,35). The third kappa shape index (κ3) is 8.19. The number of aliphatic hydroxyl groups excluding tert-OH is 1. The van der Waals surface area contributed by atoms with Crippen molar-refractivity contribution in [2.24, 2.45) is 11.8 Å². The van der Waals surface area contributed by atoms with Crippen molar-refractivity contribution >= 4 is 82.2 Å².